The minimum atomic E-state index is -0.273. The quantitative estimate of drug-likeness (QED) is 0.542. The van der Waals surface area contributed by atoms with Crippen molar-refractivity contribution in [1.82, 2.24) is 14.9 Å². The number of rotatable bonds is 5. The molecule has 8 heteroatoms. The zero-order valence-electron chi connectivity index (χ0n) is 14.9. The van der Waals surface area contributed by atoms with Gasteiger partial charge in [0.2, 0.25) is 5.91 Å². The van der Waals surface area contributed by atoms with Crippen molar-refractivity contribution in [3.8, 4) is 5.75 Å². The first-order chi connectivity index (χ1) is 13.6. The van der Waals surface area contributed by atoms with Gasteiger partial charge in [-0.3, -0.25) is 14.2 Å². The molecular formula is C20H16ClN3O3S. The second kappa shape index (κ2) is 7.61. The molecule has 2 aromatic carbocycles. The summed E-state index contributed by atoms with van der Waals surface area (Å²) in [6.45, 7) is 0.243. The molecule has 2 heterocycles. The summed E-state index contributed by atoms with van der Waals surface area (Å²) < 4.78 is 7.87. The van der Waals surface area contributed by atoms with Gasteiger partial charge in [-0.1, -0.05) is 29.8 Å². The van der Waals surface area contributed by atoms with Gasteiger partial charge in [-0.2, -0.15) is 0 Å². The molecule has 0 fully saturated rings. The van der Waals surface area contributed by atoms with Crippen molar-refractivity contribution in [2.75, 3.05) is 7.11 Å². The van der Waals surface area contributed by atoms with Gasteiger partial charge < -0.3 is 10.1 Å². The number of amides is 1. The molecule has 0 radical (unpaired) electrons. The maximum absolute atomic E-state index is 12.8. The number of methoxy groups -OCH3 is 1. The van der Waals surface area contributed by atoms with Crippen LogP contribution >= 0.6 is 22.9 Å². The van der Waals surface area contributed by atoms with Crippen molar-refractivity contribution in [2.45, 2.75) is 13.1 Å². The number of hydrogen-bond acceptors (Lipinski definition) is 5. The van der Waals surface area contributed by atoms with E-state index in [1.165, 1.54) is 22.2 Å². The van der Waals surface area contributed by atoms with Gasteiger partial charge in [0.1, 0.15) is 17.0 Å². The molecule has 0 bridgehead atoms. The van der Waals surface area contributed by atoms with Crippen LogP contribution in [0.25, 0.3) is 20.3 Å². The fourth-order valence-electron chi connectivity index (χ4n) is 2.98. The average molecular weight is 414 g/mol. The Morgan fingerprint density at radius 3 is 2.93 bits per heavy atom. The molecule has 142 valence electrons. The molecule has 1 N–H and O–H groups in total. The summed E-state index contributed by atoms with van der Waals surface area (Å²) in [4.78, 5) is 29.5. The average Bonchev–Trinajstić information content (AvgIpc) is 3.09. The van der Waals surface area contributed by atoms with Crippen molar-refractivity contribution in [1.29, 1.82) is 0 Å². The van der Waals surface area contributed by atoms with Gasteiger partial charge in [-0.15, -0.1) is 11.3 Å². The Bertz CT molecular complexity index is 1250. The number of halogens is 1. The van der Waals surface area contributed by atoms with Crippen LogP contribution in [0, 0.1) is 0 Å². The van der Waals surface area contributed by atoms with Crippen LogP contribution in [0.2, 0.25) is 5.02 Å². The van der Waals surface area contributed by atoms with Crippen molar-refractivity contribution in [3.05, 3.63) is 69.7 Å². The Morgan fingerprint density at radius 2 is 2.11 bits per heavy atom. The van der Waals surface area contributed by atoms with E-state index in [1.54, 1.807) is 13.2 Å². The number of hydrogen-bond donors (Lipinski definition) is 1. The summed E-state index contributed by atoms with van der Waals surface area (Å²) in [5, 5.41) is 4.14. The highest BCUT2D eigenvalue weighted by molar-refractivity contribution is 7.25. The molecule has 0 aliphatic heterocycles. The van der Waals surface area contributed by atoms with Gasteiger partial charge >= 0.3 is 0 Å². The summed E-state index contributed by atoms with van der Waals surface area (Å²) in [5.74, 6) is 0.450. The molecule has 4 rings (SSSR count). The molecule has 0 aliphatic carbocycles. The number of carbonyl (C=O) groups excluding carboxylic acids is 1. The third-order valence-corrected chi connectivity index (χ3v) is 5.81. The van der Waals surface area contributed by atoms with E-state index in [9.17, 15) is 9.59 Å². The Kier molecular flexibility index (Phi) is 5.02. The molecule has 0 unspecified atom stereocenters. The van der Waals surface area contributed by atoms with Crippen molar-refractivity contribution in [2.24, 2.45) is 0 Å². The fourth-order valence-corrected chi connectivity index (χ4v) is 4.43. The summed E-state index contributed by atoms with van der Waals surface area (Å²) >= 11 is 7.59. The number of nitrogens with one attached hydrogen (secondary N) is 1. The predicted molar refractivity (Wildman–Crippen MR) is 111 cm³/mol. The standard InChI is InChI=1S/C20H16ClN3O3S/c1-27-13-5-2-4-12(8-13)9-22-16(25)10-24-11-23-18-17-14(21)6-3-7-15(17)28-19(18)20(24)26/h2-8,11H,9-10H2,1H3,(H,22,25). The van der Waals surface area contributed by atoms with Crippen LogP contribution in [0.3, 0.4) is 0 Å². The van der Waals surface area contributed by atoms with Crippen LogP contribution < -0.4 is 15.6 Å². The molecule has 0 spiro atoms. The van der Waals surface area contributed by atoms with Gasteiger partial charge in [-0.25, -0.2) is 4.98 Å². The van der Waals surface area contributed by atoms with Gasteiger partial charge in [0, 0.05) is 16.6 Å². The second-order valence-corrected chi connectivity index (χ2v) is 7.66. The third kappa shape index (κ3) is 3.46. The van der Waals surface area contributed by atoms with Crippen molar-refractivity contribution >= 4 is 49.1 Å². The maximum Gasteiger partial charge on any atom is 0.271 e. The van der Waals surface area contributed by atoms with E-state index in [2.05, 4.69) is 10.3 Å². The number of carbonyl (C=O) groups is 1. The van der Waals surface area contributed by atoms with E-state index in [1.807, 2.05) is 36.4 Å². The van der Waals surface area contributed by atoms with E-state index >= 15 is 0 Å². The van der Waals surface area contributed by atoms with E-state index in [0.717, 1.165) is 21.4 Å². The normalized spacial score (nSPS) is 11.1. The fraction of sp³-hybridized carbons (Fsp3) is 0.150. The third-order valence-electron chi connectivity index (χ3n) is 4.36. The largest absolute Gasteiger partial charge is 0.497 e. The first kappa shape index (κ1) is 18.5. The zero-order valence-corrected chi connectivity index (χ0v) is 16.5. The second-order valence-electron chi connectivity index (χ2n) is 6.20. The Hall–Kier alpha value is -2.90. The van der Waals surface area contributed by atoms with Gasteiger partial charge in [0.15, 0.2) is 0 Å². The lowest BCUT2D eigenvalue weighted by Crippen LogP contribution is -2.31. The number of nitrogens with zero attached hydrogens (tertiary/aromatic N) is 2. The molecule has 6 nitrogen and oxygen atoms in total. The molecule has 0 saturated carbocycles. The van der Waals surface area contributed by atoms with Crippen LogP contribution in [0.4, 0.5) is 0 Å². The summed E-state index contributed by atoms with van der Waals surface area (Å²) in [6.07, 6.45) is 1.39. The molecule has 2 aromatic heterocycles. The summed E-state index contributed by atoms with van der Waals surface area (Å²) in [6, 6.07) is 12.9. The number of benzene rings is 2. The molecular weight excluding hydrogens is 398 g/mol. The minimum absolute atomic E-state index is 0.103. The van der Waals surface area contributed by atoms with Crippen LogP contribution in [0.1, 0.15) is 5.56 Å². The number of ether oxygens (including phenoxy) is 1. The van der Waals surface area contributed by atoms with Crippen molar-refractivity contribution < 1.29 is 9.53 Å². The lowest BCUT2D eigenvalue weighted by molar-refractivity contribution is -0.121. The molecule has 4 aromatic rings. The number of aromatic nitrogens is 2. The molecule has 0 saturated heterocycles. The lowest BCUT2D eigenvalue weighted by Gasteiger charge is -2.08. The Balaban J connectivity index is 1.55. The molecule has 0 aliphatic rings. The number of fused-ring (bicyclic) bond motifs is 3. The monoisotopic (exact) mass is 413 g/mol. The van der Waals surface area contributed by atoms with Crippen molar-refractivity contribution in [3.63, 3.8) is 0 Å². The van der Waals surface area contributed by atoms with Gasteiger partial charge in [-0.05, 0) is 29.8 Å². The first-order valence-corrected chi connectivity index (χ1v) is 9.72. The molecule has 1 amide bonds. The first-order valence-electron chi connectivity index (χ1n) is 8.52. The van der Waals surface area contributed by atoms with Crippen LogP contribution in [0.15, 0.2) is 53.6 Å². The maximum atomic E-state index is 12.8. The SMILES string of the molecule is COc1cccc(CNC(=O)Cn2cnc3c(sc4cccc(Cl)c43)c2=O)c1. The number of thiophene rings is 1. The van der Waals surface area contributed by atoms with Gasteiger partial charge in [0.05, 0.1) is 24.0 Å². The predicted octanol–water partition coefficient (Wildman–Crippen LogP) is 3.59. The van der Waals surface area contributed by atoms with E-state index < -0.39 is 0 Å². The smallest absolute Gasteiger partial charge is 0.271 e. The molecule has 28 heavy (non-hydrogen) atoms. The highest BCUT2D eigenvalue weighted by atomic mass is 35.5. The summed E-state index contributed by atoms with van der Waals surface area (Å²) in [5.41, 5.74) is 1.23. The van der Waals surface area contributed by atoms with E-state index in [4.69, 9.17) is 16.3 Å². The highest BCUT2D eigenvalue weighted by Crippen LogP contribution is 2.34. The van der Waals surface area contributed by atoms with E-state index in [0.29, 0.717) is 21.8 Å². The van der Waals surface area contributed by atoms with Crippen LogP contribution in [-0.2, 0) is 17.9 Å². The van der Waals surface area contributed by atoms with Gasteiger partial charge in [0.25, 0.3) is 5.56 Å². The topological polar surface area (TPSA) is 73.2 Å². The Morgan fingerprint density at radius 1 is 1.29 bits per heavy atom. The highest BCUT2D eigenvalue weighted by Gasteiger charge is 2.15. The zero-order chi connectivity index (χ0) is 19.7. The Labute approximate surface area is 169 Å². The molecule has 0 atom stereocenters. The summed E-state index contributed by atoms with van der Waals surface area (Å²) in [7, 11) is 1.59. The van der Waals surface area contributed by atoms with Crippen LogP contribution in [0.5, 0.6) is 5.75 Å². The minimum Gasteiger partial charge on any atom is -0.497 e. The van der Waals surface area contributed by atoms with Crippen LogP contribution in [-0.4, -0.2) is 22.6 Å². The van der Waals surface area contributed by atoms with E-state index in [-0.39, 0.29) is 18.0 Å². The lowest BCUT2D eigenvalue weighted by atomic mass is 10.2.